The van der Waals surface area contributed by atoms with Gasteiger partial charge in [-0.05, 0) is 56.5 Å². The van der Waals surface area contributed by atoms with Gasteiger partial charge in [-0.1, -0.05) is 12.1 Å². The Morgan fingerprint density at radius 1 is 1.05 bits per heavy atom. The molecule has 0 heterocycles. The molecule has 0 spiro atoms. The first-order valence-corrected chi connectivity index (χ1v) is 11.8. The van der Waals surface area contributed by atoms with E-state index in [4.69, 9.17) is 14.2 Å². The molecule has 11 heteroatoms. The zero-order valence-corrected chi connectivity index (χ0v) is 20.7. The predicted molar refractivity (Wildman–Crippen MR) is 127 cm³/mol. The number of aliphatic carboxylic acids is 1. The minimum absolute atomic E-state index is 0.0113. The second-order valence-electron chi connectivity index (χ2n) is 8.44. The topological polar surface area (TPSA) is 85.3 Å². The van der Waals surface area contributed by atoms with E-state index in [9.17, 15) is 32.3 Å². The van der Waals surface area contributed by atoms with Crippen LogP contribution in [-0.2, 0) is 16.0 Å². The fourth-order valence-electron chi connectivity index (χ4n) is 3.38. The molecular weight excluding hydrogens is 498 g/mol. The second kappa shape index (κ2) is 14.4. The second-order valence-corrected chi connectivity index (χ2v) is 8.44. The van der Waals surface area contributed by atoms with E-state index in [1.807, 2.05) is 0 Å². The summed E-state index contributed by atoms with van der Waals surface area (Å²) in [6, 6.07) is 9.17. The lowest BCUT2D eigenvalue weighted by molar-refractivity contribution is -0.149. The summed E-state index contributed by atoms with van der Waals surface area (Å²) in [5.41, 5.74) is 0.729. The number of carbonyl (C=O) groups excluding carboxylic acids is 1. The average Bonchev–Trinajstić information content (AvgIpc) is 2.82. The van der Waals surface area contributed by atoms with E-state index in [1.54, 1.807) is 31.2 Å². The van der Waals surface area contributed by atoms with Gasteiger partial charge in [0, 0.05) is 32.1 Å². The number of carbonyl (C=O) groups is 2. The number of hydrogen-bond donors (Lipinski definition) is 1. The summed E-state index contributed by atoms with van der Waals surface area (Å²) in [6.07, 6.45) is -1.65. The van der Waals surface area contributed by atoms with Gasteiger partial charge in [0.1, 0.15) is 18.2 Å². The third kappa shape index (κ3) is 11.1. The Kier molecular flexibility index (Phi) is 11.6. The highest BCUT2D eigenvalue weighted by Gasteiger charge is 2.22. The third-order valence-electron chi connectivity index (χ3n) is 5.26. The molecule has 2 aromatic carbocycles. The van der Waals surface area contributed by atoms with E-state index in [2.05, 4.69) is 0 Å². The van der Waals surface area contributed by atoms with Crippen molar-refractivity contribution in [1.82, 2.24) is 4.90 Å². The summed E-state index contributed by atoms with van der Waals surface area (Å²) >= 11 is 0. The van der Waals surface area contributed by atoms with Gasteiger partial charge in [0.2, 0.25) is 5.92 Å². The van der Waals surface area contributed by atoms with Crippen LogP contribution in [0.5, 0.6) is 11.5 Å². The van der Waals surface area contributed by atoms with Gasteiger partial charge in [-0.3, -0.25) is 0 Å². The van der Waals surface area contributed by atoms with E-state index in [0.717, 1.165) is 24.6 Å². The van der Waals surface area contributed by atoms with Crippen molar-refractivity contribution >= 4 is 12.1 Å². The fraction of sp³-hybridized carbons (Fsp3) is 0.462. The van der Waals surface area contributed by atoms with Crippen molar-refractivity contribution in [2.24, 2.45) is 0 Å². The number of carboxylic acid groups (broad SMARTS) is 1. The molecule has 2 aromatic rings. The highest BCUT2D eigenvalue weighted by Crippen LogP contribution is 2.21. The van der Waals surface area contributed by atoms with Gasteiger partial charge in [-0.2, -0.15) is 0 Å². The van der Waals surface area contributed by atoms with Crippen molar-refractivity contribution < 1.29 is 46.5 Å². The van der Waals surface area contributed by atoms with E-state index >= 15 is 0 Å². The molecule has 1 N–H and O–H groups in total. The number of carboxylic acids is 1. The molecule has 0 aliphatic carbocycles. The van der Waals surface area contributed by atoms with Gasteiger partial charge in [0.25, 0.3) is 0 Å². The lowest BCUT2D eigenvalue weighted by atomic mass is 10.1. The summed E-state index contributed by atoms with van der Waals surface area (Å²) < 4.78 is 69.1. The Bertz CT molecular complexity index is 1010. The fourth-order valence-corrected chi connectivity index (χ4v) is 3.38. The van der Waals surface area contributed by atoms with E-state index in [0.29, 0.717) is 11.8 Å². The number of ether oxygens (including phenoxy) is 3. The quantitative estimate of drug-likeness (QED) is 0.235. The summed E-state index contributed by atoms with van der Waals surface area (Å²) in [5.74, 6) is -5.77. The highest BCUT2D eigenvalue weighted by molar-refractivity contribution is 5.72. The van der Waals surface area contributed by atoms with Gasteiger partial charge in [-0.25, -0.2) is 27.2 Å². The Balaban J connectivity index is 1.96. The Morgan fingerprint density at radius 3 is 2.35 bits per heavy atom. The molecule has 0 aromatic heterocycles. The first-order chi connectivity index (χ1) is 17.5. The highest BCUT2D eigenvalue weighted by atomic mass is 19.3. The molecule has 2 rings (SSSR count). The van der Waals surface area contributed by atoms with Crippen LogP contribution in [-0.4, -0.2) is 60.4 Å². The summed E-state index contributed by atoms with van der Waals surface area (Å²) in [6.45, 7) is 2.88. The molecule has 1 unspecified atom stereocenters. The minimum atomic E-state index is -2.83. The molecule has 0 saturated heterocycles. The molecule has 37 heavy (non-hydrogen) atoms. The molecule has 1 amide bonds. The van der Waals surface area contributed by atoms with Crippen LogP contribution in [0.25, 0.3) is 0 Å². The zero-order valence-electron chi connectivity index (χ0n) is 20.7. The predicted octanol–water partition coefficient (Wildman–Crippen LogP) is 5.70. The maximum Gasteiger partial charge on any atom is 0.415 e. The van der Waals surface area contributed by atoms with E-state index < -0.39 is 41.5 Å². The third-order valence-corrected chi connectivity index (χ3v) is 5.26. The van der Waals surface area contributed by atoms with Crippen molar-refractivity contribution in [2.75, 3.05) is 26.3 Å². The number of alkyl halides is 2. The first-order valence-electron chi connectivity index (χ1n) is 11.8. The number of unbranched alkanes of at least 4 members (excludes halogenated alkanes) is 1. The molecule has 0 saturated carbocycles. The van der Waals surface area contributed by atoms with Crippen LogP contribution in [0.15, 0.2) is 42.5 Å². The minimum Gasteiger partial charge on any atom is -0.492 e. The van der Waals surface area contributed by atoms with E-state index in [-0.39, 0.29) is 52.0 Å². The van der Waals surface area contributed by atoms with Crippen molar-refractivity contribution in [3.05, 3.63) is 59.7 Å². The van der Waals surface area contributed by atoms with Crippen LogP contribution in [0.4, 0.5) is 22.4 Å². The van der Waals surface area contributed by atoms with Crippen LogP contribution in [0.1, 0.15) is 38.7 Å². The standard InChI is InChI=1S/C26H31F4NO6/c1-3-35-23(24(32)33)16-18-6-9-20(10-7-18)36-15-14-31(13-5-4-12-26(2,29)30)25(34)37-22-11-8-19(27)17-21(22)28/h6-11,17,23H,3-5,12-16H2,1-2H3,(H,32,33). The smallest absolute Gasteiger partial charge is 0.415 e. The molecule has 1 atom stereocenters. The number of halogens is 4. The number of amides is 1. The SMILES string of the molecule is CCOC(Cc1ccc(OCCN(CCCCC(C)(F)F)C(=O)Oc2ccc(F)cc2F)cc1)C(=O)O. The Morgan fingerprint density at radius 2 is 1.76 bits per heavy atom. The average molecular weight is 530 g/mol. The van der Waals surface area contributed by atoms with Crippen LogP contribution in [0.2, 0.25) is 0 Å². The monoisotopic (exact) mass is 529 g/mol. The Labute approximate surface area is 212 Å². The summed E-state index contributed by atoms with van der Waals surface area (Å²) in [7, 11) is 0. The van der Waals surface area contributed by atoms with Crippen LogP contribution in [0, 0.1) is 11.6 Å². The van der Waals surface area contributed by atoms with E-state index in [1.165, 1.54) is 4.90 Å². The lowest BCUT2D eigenvalue weighted by Crippen LogP contribution is -2.37. The van der Waals surface area contributed by atoms with Gasteiger partial charge >= 0.3 is 12.1 Å². The van der Waals surface area contributed by atoms with Crippen LogP contribution >= 0.6 is 0 Å². The van der Waals surface area contributed by atoms with Gasteiger partial charge in [-0.15, -0.1) is 0 Å². The number of rotatable bonds is 15. The lowest BCUT2D eigenvalue weighted by Gasteiger charge is -2.22. The van der Waals surface area contributed by atoms with Gasteiger partial charge < -0.3 is 24.2 Å². The van der Waals surface area contributed by atoms with Crippen LogP contribution < -0.4 is 9.47 Å². The Hall–Kier alpha value is -3.34. The van der Waals surface area contributed by atoms with Crippen molar-refractivity contribution in [3.8, 4) is 11.5 Å². The maximum absolute atomic E-state index is 13.9. The van der Waals surface area contributed by atoms with Crippen molar-refractivity contribution in [2.45, 2.75) is 51.6 Å². The number of benzene rings is 2. The van der Waals surface area contributed by atoms with Crippen molar-refractivity contribution in [3.63, 3.8) is 0 Å². The molecule has 204 valence electrons. The van der Waals surface area contributed by atoms with Gasteiger partial charge in [0.05, 0.1) is 6.54 Å². The molecule has 7 nitrogen and oxygen atoms in total. The molecule has 0 aliphatic rings. The summed E-state index contributed by atoms with van der Waals surface area (Å²) in [4.78, 5) is 25.1. The number of nitrogens with zero attached hydrogens (tertiary/aromatic N) is 1. The zero-order chi connectivity index (χ0) is 27.4. The number of hydrogen-bond acceptors (Lipinski definition) is 5. The maximum atomic E-state index is 13.9. The largest absolute Gasteiger partial charge is 0.492 e. The molecule has 0 bridgehead atoms. The first kappa shape index (κ1) is 29.9. The normalized spacial score (nSPS) is 12.2. The molecule has 0 fully saturated rings. The van der Waals surface area contributed by atoms with Gasteiger partial charge in [0.15, 0.2) is 17.7 Å². The summed E-state index contributed by atoms with van der Waals surface area (Å²) in [5, 5.41) is 9.20. The molecular formula is C26H31F4NO6. The van der Waals surface area contributed by atoms with Crippen molar-refractivity contribution in [1.29, 1.82) is 0 Å². The molecule has 0 radical (unpaired) electrons. The molecule has 0 aliphatic heterocycles. The van der Waals surface area contributed by atoms with Crippen LogP contribution in [0.3, 0.4) is 0 Å².